The molecule has 0 fully saturated rings. The molecule has 1 rings (SSSR count). The Morgan fingerprint density at radius 2 is 2.00 bits per heavy atom. The molecular weight excluding hydrogens is 132 g/mol. The van der Waals surface area contributed by atoms with Crippen molar-refractivity contribution in [3.63, 3.8) is 0 Å². The predicted octanol–water partition coefficient (Wildman–Crippen LogP) is 3.40. The number of hydrogen-bond donors (Lipinski definition) is 0. The second kappa shape index (κ2) is 3.97. The zero-order chi connectivity index (χ0) is 8.10. The summed E-state index contributed by atoms with van der Waals surface area (Å²) in [4.78, 5) is 0. The van der Waals surface area contributed by atoms with Gasteiger partial charge in [-0.1, -0.05) is 29.9 Å². The first-order valence-corrected chi connectivity index (χ1v) is 3.97. The van der Waals surface area contributed by atoms with Crippen molar-refractivity contribution in [2.75, 3.05) is 0 Å². The van der Waals surface area contributed by atoms with Crippen LogP contribution in [0.3, 0.4) is 0 Å². The van der Waals surface area contributed by atoms with Gasteiger partial charge in [0.05, 0.1) is 0 Å². The molecule has 0 aromatic rings. The Kier molecular flexibility index (Phi) is 2.91. The quantitative estimate of drug-likeness (QED) is 0.533. The Bertz CT molecular complexity index is 216. The van der Waals surface area contributed by atoms with Crippen molar-refractivity contribution in [2.45, 2.75) is 19.3 Å². The van der Waals surface area contributed by atoms with Crippen LogP contribution in [0.1, 0.15) is 19.3 Å². The van der Waals surface area contributed by atoms with E-state index in [4.69, 9.17) is 0 Å². The second-order valence-electron chi connectivity index (χ2n) is 2.77. The van der Waals surface area contributed by atoms with Gasteiger partial charge in [0, 0.05) is 0 Å². The second-order valence-corrected chi connectivity index (χ2v) is 2.77. The van der Waals surface area contributed by atoms with E-state index in [1.54, 1.807) is 0 Å². The van der Waals surface area contributed by atoms with Crippen LogP contribution in [-0.4, -0.2) is 0 Å². The van der Waals surface area contributed by atoms with Gasteiger partial charge in [-0.25, -0.2) is 0 Å². The lowest BCUT2D eigenvalue weighted by atomic mass is 10.1. The molecule has 0 bridgehead atoms. The predicted molar refractivity (Wildman–Crippen MR) is 50.4 cm³/mol. The highest BCUT2D eigenvalue weighted by molar-refractivity contribution is 5.34. The molecule has 0 nitrogen and oxygen atoms in total. The zero-order valence-corrected chi connectivity index (χ0v) is 6.84. The van der Waals surface area contributed by atoms with Gasteiger partial charge >= 0.3 is 0 Å². The lowest BCUT2D eigenvalue weighted by Crippen LogP contribution is -1.72. The third kappa shape index (κ3) is 2.23. The molecule has 0 unspecified atom stereocenters. The maximum Gasteiger partial charge on any atom is -0.0103 e. The molecule has 0 radical (unpaired) electrons. The van der Waals surface area contributed by atoms with Crippen LogP contribution < -0.4 is 0 Å². The van der Waals surface area contributed by atoms with Crippen LogP contribution >= 0.6 is 0 Å². The van der Waals surface area contributed by atoms with E-state index in [9.17, 15) is 0 Å². The van der Waals surface area contributed by atoms with Gasteiger partial charge in [0.25, 0.3) is 0 Å². The van der Waals surface area contributed by atoms with Gasteiger partial charge in [0.2, 0.25) is 0 Å². The van der Waals surface area contributed by atoms with Gasteiger partial charge in [0.1, 0.15) is 0 Å². The largest absolute Gasteiger partial charge is 0.103 e. The molecule has 0 N–H and O–H groups in total. The maximum atomic E-state index is 3.71. The van der Waals surface area contributed by atoms with Crippen LogP contribution in [-0.2, 0) is 0 Å². The Morgan fingerprint density at radius 1 is 1.27 bits per heavy atom. The molecule has 0 aliphatic heterocycles. The molecule has 0 aromatic carbocycles. The van der Waals surface area contributed by atoms with E-state index in [1.807, 2.05) is 12.2 Å². The first kappa shape index (κ1) is 8.06. The van der Waals surface area contributed by atoms with Crippen LogP contribution in [0.5, 0.6) is 0 Å². The van der Waals surface area contributed by atoms with Crippen molar-refractivity contribution in [2.24, 2.45) is 0 Å². The van der Waals surface area contributed by atoms with Crippen molar-refractivity contribution in [1.29, 1.82) is 0 Å². The third-order valence-corrected chi connectivity index (χ3v) is 1.80. The summed E-state index contributed by atoms with van der Waals surface area (Å²) >= 11 is 0. The minimum absolute atomic E-state index is 1.00. The van der Waals surface area contributed by atoms with Gasteiger partial charge in [-0.2, -0.15) is 0 Å². The third-order valence-electron chi connectivity index (χ3n) is 1.80. The summed E-state index contributed by atoms with van der Waals surface area (Å²) in [7, 11) is 0. The van der Waals surface area contributed by atoms with E-state index < -0.39 is 0 Å². The number of rotatable bonds is 4. The Balaban J connectivity index is 2.48. The SMILES string of the molecule is C=CCC1=CCC(CC=C)=C1. The summed E-state index contributed by atoms with van der Waals surface area (Å²) in [5.41, 5.74) is 2.87. The molecule has 58 valence electrons. The fourth-order valence-corrected chi connectivity index (χ4v) is 1.28. The van der Waals surface area contributed by atoms with Crippen molar-refractivity contribution in [3.05, 3.63) is 48.6 Å². The maximum absolute atomic E-state index is 3.71. The van der Waals surface area contributed by atoms with E-state index >= 15 is 0 Å². The van der Waals surface area contributed by atoms with Gasteiger partial charge in [0.15, 0.2) is 0 Å². The van der Waals surface area contributed by atoms with Crippen molar-refractivity contribution >= 4 is 0 Å². The highest BCUT2D eigenvalue weighted by atomic mass is 14.1. The Hall–Kier alpha value is -1.04. The first-order valence-electron chi connectivity index (χ1n) is 3.97. The smallest absolute Gasteiger partial charge is 0.0103 e. The average molecular weight is 146 g/mol. The zero-order valence-electron chi connectivity index (χ0n) is 6.84. The van der Waals surface area contributed by atoms with Gasteiger partial charge in [-0.05, 0) is 24.8 Å². The number of hydrogen-bond acceptors (Lipinski definition) is 0. The molecule has 11 heavy (non-hydrogen) atoms. The summed E-state index contributed by atoms with van der Waals surface area (Å²) in [6, 6.07) is 0. The number of allylic oxidation sites excluding steroid dienone is 6. The summed E-state index contributed by atoms with van der Waals surface area (Å²) < 4.78 is 0. The molecule has 1 aliphatic carbocycles. The van der Waals surface area contributed by atoms with E-state index in [2.05, 4.69) is 25.3 Å². The molecular formula is C11H14. The van der Waals surface area contributed by atoms with Crippen molar-refractivity contribution in [1.82, 2.24) is 0 Å². The fraction of sp³-hybridized carbons (Fsp3) is 0.273. The summed E-state index contributed by atoms with van der Waals surface area (Å²) in [6.07, 6.45) is 11.5. The molecule has 0 aromatic heterocycles. The van der Waals surface area contributed by atoms with Crippen molar-refractivity contribution < 1.29 is 0 Å². The van der Waals surface area contributed by atoms with E-state index in [0.717, 1.165) is 19.3 Å². The molecule has 0 heterocycles. The van der Waals surface area contributed by atoms with Gasteiger partial charge in [-0.3, -0.25) is 0 Å². The van der Waals surface area contributed by atoms with E-state index in [0.29, 0.717) is 0 Å². The molecule has 0 heteroatoms. The molecule has 0 saturated heterocycles. The average Bonchev–Trinajstić information content (AvgIpc) is 2.38. The minimum atomic E-state index is 1.00. The van der Waals surface area contributed by atoms with Crippen LogP contribution in [0, 0.1) is 0 Å². The van der Waals surface area contributed by atoms with Crippen LogP contribution in [0.25, 0.3) is 0 Å². The molecule has 0 saturated carbocycles. The lowest BCUT2D eigenvalue weighted by molar-refractivity contribution is 1.14. The summed E-state index contributed by atoms with van der Waals surface area (Å²) in [5, 5.41) is 0. The topological polar surface area (TPSA) is 0 Å². The molecule has 0 atom stereocenters. The Morgan fingerprint density at radius 3 is 2.64 bits per heavy atom. The van der Waals surface area contributed by atoms with Crippen LogP contribution in [0.4, 0.5) is 0 Å². The van der Waals surface area contributed by atoms with Gasteiger partial charge < -0.3 is 0 Å². The fourth-order valence-electron chi connectivity index (χ4n) is 1.28. The molecule has 0 amide bonds. The van der Waals surface area contributed by atoms with Crippen LogP contribution in [0.15, 0.2) is 48.6 Å². The highest BCUT2D eigenvalue weighted by Crippen LogP contribution is 2.22. The van der Waals surface area contributed by atoms with Crippen molar-refractivity contribution in [3.8, 4) is 0 Å². The first-order chi connectivity index (χ1) is 5.36. The molecule has 1 aliphatic rings. The summed E-state index contributed by atoms with van der Waals surface area (Å²) in [6.45, 7) is 7.42. The lowest BCUT2D eigenvalue weighted by Gasteiger charge is -1.92. The van der Waals surface area contributed by atoms with E-state index in [1.165, 1.54) is 11.1 Å². The monoisotopic (exact) mass is 146 g/mol. The highest BCUT2D eigenvalue weighted by Gasteiger charge is 2.02. The van der Waals surface area contributed by atoms with Crippen LogP contribution in [0.2, 0.25) is 0 Å². The molecule has 0 spiro atoms. The van der Waals surface area contributed by atoms with E-state index in [-0.39, 0.29) is 0 Å². The Labute approximate surface area is 68.6 Å². The van der Waals surface area contributed by atoms with Gasteiger partial charge in [-0.15, -0.1) is 13.2 Å². The summed E-state index contributed by atoms with van der Waals surface area (Å²) in [5.74, 6) is 0. The standard InChI is InChI=1S/C11H14/c1-3-5-10-7-8-11(9-10)6-4-2/h3-4,7,9H,1-2,5-6,8H2. The minimum Gasteiger partial charge on any atom is -0.103 e. The normalized spacial score (nSPS) is 15.6.